The van der Waals surface area contributed by atoms with Crippen molar-refractivity contribution in [2.45, 2.75) is 11.3 Å². The highest BCUT2D eigenvalue weighted by atomic mass is 35.5. The molecular formula is C12H15ClN2O2S3. The Bertz CT molecular complexity index is 613. The lowest BCUT2D eigenvalue weighted by molar-refractivity contribution is 0.546. The van der Waals surface area contributed by atoms with Gasteiger partial charge in [-0.3, -0.25) is 0 Å². The predicted octanol–water partition coefficient (Wildman–Crippen LogP) is 2.01. The van der Waals surface area contributed by atoms with Gasteiger partial charge in [-0.05, 0) is 42.0 Å². The Morgan fingerprint density at radius 3 is 2.85 bits per heavy atom. The van der Waals surface area contributed by atoms with Crippen LogP contribution in [0.1, 0.15) is 12.0 Å². The van der Waals surface area contributed by atoms with E-state index in [4.69, 9.17) is 29.6 Å². The van der Waals surface area contributed by atoms with Crippen molar-refractivity contribution in [3.8, 4) is 0 Å². The summed E-state index contributed by atoms with van der Waals surface area (Å²) in [6.45, 7) is 0.462. The van der Waals surface area contributed by atoms with Gasteiger partial charge in [0.05, 0.1) is 9.92 Å². The highest BCUT2D eigenvalue weighted by Crippen LogP contribution is 2.24. The average molecular weight is 351 g/mol. The molecule has 1 saturated heterocycles. The molecule has 1 aliphatic heterocycles. The summed E-state index contributed by atoms with van der Waals surface area (Å²) >= 11 is 12.7. The van der Waals surface area contributed by atoms with Crippen LogP contribution in [0.25, 0.3) is 0 Å². The van der Waals surface area contributed by atoms with E-state index >= 15 is 0 Å². The fraction of sp³-hybridized carbons (Fsp3) is 0.417. The van der Waals surface area contributed by atoms with Crippen LogP contribution in [0.5, 0.6) is 0 Å². The fourth-order valence-electron chi connectivity index (χ4n) is 1.92. The second-order valence-electron chi connectivity index (χ2n) is 4.59. The molecule has 110 valence electrons. The van der Waals surface area contributed by atoms with Gasteiger partial charge in [0.25, 0.3) is 0 Å². The van der Waals surface area contributed by atoms with E-state index in [0.29, 0.717) is 18.0 Å². The number of thiocarbonyl (C=S) groups is 1. The fourth-order valence-corrected chi connectivity index (χ4v) is 4.93. The van der Waals surface area contributed by atoms with E-state index in [0.717, 1.165) is 17.9 Å². The molecule has 20 heavy (non-hydrogen) atoms. The molecule has 4 nitrogen and oxygen atoms in total. The molecular weight excluding hydrogens is 336 g/mol. The van der Waals surface area contributed by atoms with Crippen LogP contribution < -0.4 is 10.5 Å². The molecule has 1 heterocycles. The van der Waals surface area contributed by atoms with Crippen LogP contribution in [0.15, 0.2) is 23.1 Å². The van der Waals surface area contributed by atoms with Gasteiger partial charge < -0.3 is 5.73 Å². The van der Waals surface area contributed by atoms with Gasteiger partial charge in [-0.25, -0.2) is 13.1 Å². The second-order valence-corrected chi connectivity index (χ2v) is 8.35. The van der Waals surface area contributed by atoms with Crippen molar-refractivity contribution >= 4 is 50.6 Å². The number of rotatable bonds is 5. The van der Waals surface area contributed by atoms with Crippen LogP contribution in [-0.4, -0.2) is 31.5 Å². The van der Waals surface area contributed by atoms with E-state index in [1.165, 1.54) is 18.2 Å². The molecule has 0 aromatic heterocycles. The van der Waals surface area contributed by atoms with Gasteiger partial charge in [0.2, 0.25) is 10.0 Å². The maximum absolute atomic E-state index is 12.2. The van der Waals surface area contributed by atoms with Crippen molar-refractivity contribution in [2.24, 2.45) is 11.7 Å². The summed E-state index contributed by atoms with van der Waals surface area (Å²) in [6.07, 6.45) is 1.05. The molecule has 1 aliphatic rings. The minimum Gasteiger partial charge on any atom is -0.389 e. The monoisotopic (exact) mass is 350 g/mol. The van der Waals surface area contributed by atoms with Crippen molar-refractivity contribution in [3.63, 3.8) is 0 Å². The lowest BCUT2D eigenvalue weighted by atomic mass is 10.1. The Hall–Kier alpha value is -0.340. The van der Waals surface area contributed by atoms with Gasteiger partial charge in [-0.15, -0.1) is 0 Å². The summed E-state index contributed by atoms with van der Waals surface area (Å²) in [6, 6.07) is 4.37. The third kappa shape index (κ3) is 3.85. The van der Waals surface area contributed by atoms with E-state index < -0.39 is 10.0 Å². The lowest BCUT2D eigenvalue weighted by Crippen LogP contribution is -2.29. The number of nitrogens with one attached hydrogen (secondary N) is 1. The largest absolute Gasteiger partial charge is 0.389 e. The first-order valence-electron chi connectivity index (χ1n) is 6.07. The molecule has 0 amide bonds. The normalized spacial score (nSPS) is 19.1. The quantitative estimate of drug-likeness (QED) is 0.795. The van der Waals surface area contributed by atoms with Crippen molar-refractivity contribution in [3.05, 3.63) is 28.8 Å². The summed E-state index contributed by atoms with van der Waals surface area (Å²) in [5, 5.41) is 0.247. The van der Waals surface area contributed by atoms with E-state index in [-0.39, 0.29) is 14.9 Å². The van der Waals surface area contributed by atoms with E-state index in [1.807, 2.05) is 11.8 Å². The van der Waals surface area contributed by atoms with Crippen LogP contribution in [-0.2, 0) is 10.0 Å². The Morgan fingerprint density at radius 1 is 1.55 bits per heavy atom. The molecule has 1 unspecified atom stereocenters. The highest BCUT2D eigenvalue weighted by molar-refractivity contribution is 7.99. The average Bonchev–Trinajstić information content (AvgIpc) is 2.89. The summed E-state index contributed by atoms with van der Waals surface area (Å²) in [4.78, 5) is 0.281. The lowest BCUT2D eigenvalue weighted by Gasteiger charge is -2.11. The molecule has 0 radical (unpaired) electrons. The molecule has 1 aromatic carbocycles. The first kappa shape index (κ1) is 16.0. The van der Waals surface area contributed by atoms with Crippen LogP contribution in [0.3, 0.4) is 0 Å². The Morgan fingerprint density at radius 2 is 2.30 bits per heavy atom. The SMILES string of the molecule is NC(=S)c1ccc(S(=O)(=O)NCC2CCSC2)cc1Cl. The molecule has 3 N–H and O–H groups in total. The Kier molecular flexibility index (Phi) is 5.30. The van der Waals surface area contributed by atoms with Crippen molar-refractivity contribution in [1.82, 2.24) is 4.72 Å². The molecule has 0 aliphatic carbocycles. The Labute approximate surface area is 133 Å². The van der Waals surface area contributed by atoms with Gasteiger partial charge in [0.1, 0.15) is 4.99 Å². The van der Waals surface area contributed by atoms with Gasteiger partial charge in [0, 0.05) is 12.1 Å². The summed E-state index contributed by atoms with van der Waals surface area (Å²) < 4.78 is 27.0. The van der Waals surface area contributed by atoms with Crippen LogP contribution in [0, 0.1) is 5.92 Å². The van der Waals surface area contributed by atoms with E-state index in [9.17, 15) is 8.42 Å². The first-order valence-corrected chi connectivity index (χ1v) is 9.49. The number of thioether (sulfide) groups is 1. The third-order valence-corrected chi connectivity index (χ3v) is 6.29. The zero-order chi connectivity index (χ0) is 14.8. The number of benzene rings is 1. The summed E-state index contributed by atoms with van der Waals surface area (Å²) in [7, 11) is -3.54. The number of hydrogen-bond acceptors (Lipinski definition) is 4. The number of sulfonamides is 1. The molecule has 1 fully saturated rings. The molecule has 0 saturated carbocycles. The first-order chi connectivity index (χ1) is 9.40. The molecule has 0 bridgehead atoms. The standard InChI is InChI=1S/C12H15ClN2O2S3/c13-11-5-9(1-2-10(11)12(14)18)20(16,17)15-6-8-3-4-19-7-8/h1-2,5,8,15H,3-4,6-7H2,(H2,14,18). The zero-order valence-electron chi connectivity index (χ0n) is 10.6. The Balaban J connectivity index is 2.12. The van der Waals surface area contributed by atoms with Gasteiger partial charge in [-0.2, -0.15) is 11.8 Å². The maximum atomic E-state index is 12.2. The molecule has 8 heteroatoms. The summed E-state index contributed by atoms with van der Waals surface area (Å²) in [5.74, 6) is 2.51. The van der Waals surface area contributed by atoms with Crippen LogP contribution >= 0.6 is 35.6 Å². The zero-order valence-corrected chi connectivity index (χ0v) is 13.8. The minimum atomic E-state index is -3.54. The van der Waals surface area contributed by atoms with Crippen molar-refractivity contribution < 1.29 is 8.42 Å². The highest BCUT2D eigenvalue weighted by Gasteiger charge is 2.20. The predicted molar refractivity (Wildman–Crippen MR) is 88.0 cm³/mol. The van der Waals surface area contributed by atoms with Crippen molar-refractivity contribution in [2.75, 3.05) is 18.1 Å². The van der Waals surface area contributed by atoms with Gasteiger partial charge >= 0.3 is 0 Å². The summed E-state index contributed by atoms with van der Waals surface area (Å²) in [5.41, 5.74) is 5.97. The van der Waals surface area contributed by atoms with Crippen molar-refractivity contribution in [1.29, 1.82) is 0 Å². The topological polar surface area (TPSA) is 72.2 Å². The molecule has 1 atom stereocenters. The van der Waals surface area contributed by atoms with Gasteiger partial charge in [-0.1, -0.05) is 23.8 Å². The number of nitrogens with two attached hydrogens (primary N) is 1. The molecule has 2 rings (SSSR count). The molecule has 0 spiro atoms. The number of halogens is 1. The third-order valence-electron chi connectivity index (χ3n) is 3.10. The van der Waals surface area contributed by atoms with Gasteiger partial charge in [0.15, 0.2) is 0 Å². The van der Waals surface area contributed by atoms with E-state index in [2.05, 4.69) is 4.72 Å². The smallest absolute Gasteiger partial charge is 0.240 e. The molecule has 1 aromatic rings. The maximum Gasteiger partial charge on any atom is 0.240 e. The van der Waals surface area contributed by atoms with E-state index in [1.54, 1.807) is 0 Å². The minimum absolute atomic E-state index is 0.133. The van der Waals surface area contributed by atoms with Crippen LogP contribution in [0.2, 0.25) is 5.02 Å². The van der Waals surface area contributed by atoms with Crippen LogP contribution in [0.4, 0.5) is 0 Å². The number of hydrogen-bond donors (Lipinski definition) is 2. The second kappa shape index (κ2) is 6.62.